The summed E-state index contributed by atoms with van der Waals surface area (Å²) in [7, 11) is 0. The molecule has 0 aromatic heterocycles. The van der Waals surface area contributed by atoms with Gasteiger partial charge >= 0.3 is 0 Å². The van der Waals surface area contributed by atoms with Gasteiger partial charge in [-0.2, -0.15) is 0 Å². The molecule has 1 aliphatic carbocycles. The first-order valence-corrected chi connectivity index (χ1v) is 4.14. The van der Waals surface area contributed by atoms with Gasteiger partial charge in [0.15, 0.2) is 0 Å². The van der Waals surface area contributed by atoms with Crippen LogP contribution in [0.5, 0.6) is 0 Å². The van der Waals surface area contributed by atoms with E-state index in [9.17, 15) is 0 Å². The second-order valence-electron chi connectivity index (χ2n) is 4.24. The maximum atomic E-state index is 2.41. The van der Waals surface area contributed by atoms with E-state index in [-0.39, 0.29) is 0 Å². The lowest BCUT2D eigenvalue weighted by atomic mass is 9.75. The van der Waals surface area contributed by atoms with Crippen LogP contribution in [0, 0.1) is 17.3 Å². The monoisotopic (exact) mass is 138 g/mol. The fourth-order valence-corrected chi connectivity index (χ4v) is 1.73. The van der Waals surface area contributed by atoms with Gasteiger partial charge in [0.05, 0.1) is 0 Å². The number of allylic oxidation sites excluding steroid dienone is 2. The molecule has 0 fully saturated rings. The molecule has 58 valence electrons. The van der Waals surface area contributed by atoms with Gasteiger partial charge < -0.3 is 0 Å². The average Bonchev–Trinajstić information content (AvgIpc) is 1.97. The molecule has 0 nitrogen and oxygen atoms in total. The maximum Gasteiger partial charge on any atom is -0.0177 e. The van der Waals surface area contributed by atoms with Crippen molar-refractivity contribution in [2.45, 2.75) is 34.6 Å². The number of hydrogen-bond acceptors (Lipinski definition) is 0. The van der Waals surface area contributed by atoms with Crippen LogP contribution in [-0.2, 0) is 0 Å². The summed E-state index contributed by atoms with van der Waals surface area (Å²) in [5.74, 6) is 1.52. The Morgan fingerprint density at radius 2 is 1.80 bits per heavy atom. The average molecular weight is 138 g/mol. The molecule has 0 aromatic rings. The van der Waals surface area contributed by atoms with E-state index in [1.807, 2.05) is 0 Å². The van der Waals surface area contributed by atoms with Crippen molar-refractivity contribution in [2.24, 2.45) is 17.3 Å². The lowest BCUT2D eigenvalue weighted by Crippen LogP contribution is -2.22. The zero-order valence-electron chi connectivity index (χ0n) is 7.73. The zero-order valence-corrected chi connectivity index (χ0v) is 7.73. The van der Waals surface area contributed by atoms with Gasteiger partial charge in [-0.3, -0.25) is 0 Å². The lowest BCUT2D eigenvalue weighted by Gasteiger charge is -2.29. The van der Waals surface area contributed by atoms with E-state index in [1.54, 1.807) is 5.57 Å². The molecule has 2 atom stereocenters. The molecule has 0 heteroatoms. The molecule has 0 unspecified atom stereocenters. The summed E-state index contributed by atoms with van der Waals surface area (Å²) in [6.07, 6.45) is 2.41. The van der Waals surface area contributed by atoms with Crippen LogP contribution in [0.15, 0.2) is 11.6 Å². The van der Waals surface area contributed by atoms with Crippen LogP contribution in [0.3, 0.4) is 0 Å². The van der Waals surface area contributed by atoms with Gasteiger partial charge in [-0.15, -0.1) is 0 Å². The summed E-state index contributed by atoms with van der Waals surface area (Å²) in [6.45, 7) is 11.6. The summed E-state index contributed by atoms with van der Waals surface area (Å²) < 4.78 is 0. The molecule has 0 aliphatic heterocycles. The Labute approximate surface area is 64.3 Å². The van der Waals surface area contributed by atoms with Crippen molar-refractivity contribution in [1.29, 1.82) is 0 Å². The van der Waals surface area contributed by atoms with Gasteiger partial charge in [-0.05, 0) is 24.2 Å². The quantitative estimate of drug-likeness (QED) is 0.451. The Hall–Kier alpha value is -0.260. The Bertz CT molecular complexity index is 163. The van der Waals surface area contributed by atoms with E-state index in [0.717, 1.165) is 11.8 Å². The standard InChI is InChI=1S/C10H18/c1-7-6-8(2)10(4,5)9(7)3/h6,8-9H,1-5H3/t8-,9-/m0/s1. The van der Waals surface area contributed by atoms with E-state index in [0.29, 0.717) is 5.41 Å². The molecule has 0 N–H and O–H groups in total. The van der Waals surface area contributed by atoms with Crippen molar-refractivity contribution in [2.75, 3.05) is 0 Å². The summed E-state index contributed by atoms with van der Waals surface area (Å²) in [4.78, 5) is 0. The highest BCUT2D eigenvalue weighted by Gasteiger charge is 2.36. The Morgan fingerprint density at radius 1 is 1.30 bits per heavy atom. The SMILES string of the molecule is CC1=C[C@H](C)C(C)(C)[C@H]1C. The van der Waals surface area contributed by atoms with Crippen LogP contribution >= 0.6 is 0 Å². The highest BCUT2D eigenvalue weighted by molar-refractivity contribution is 5.17. The van der Waals surface area contributed by atoms with Gasteiger partial charge in [0.1, 0.15) is 0 Å². The second-order valence-corrected chi connectivity index (χ2v) is 4.24. The van der Waals surface area contributed by atoms with Crippen LogP contribution in [0.25, 0.3) is 0 Å². The third-order valence-electron chi connectivity index (χ3n) is 3.49. The highest BCUT2D eigenvalue weighted by Crippen LogP contribution is 2.45. The first kappa shape index (κ1) is 7.84. The second kappa shape index (κ2) is 2.11. The largest absolute Gasteiger partial charge is 0.0819 e. The van der Waals surface area contributed by atoms with Crippen LogP contribution in [0.1, 0.15) is 34.6 Å². The molecular weight excluding hydrogens is 120 g/mol. The van der Waals surface area contributed by atoms with Crippen LogP contribution in [0.2, 0.25) is 0 Å². The highest BCUT2D eigenvalue weighted by atomic mass is 14.4. The third kappa shape index (κ3) is 0.902. The lowest BCUT2D eigenvalue weighted by molar-refractivity contribution is 0.226. The molecule has 1 rings (SSSR count). The molecule has 0 spiro atoms. The Kier molecular flexibility index (Phi) is 1.66. The summed E-state index contributed by atoms with van der Waals surface area (Å²) in [5, 5.41) is 0. The fraction of sp³-hybridized carbons (Fsp3) is 0.800. The van der Waals surface area contributed by atoms with Gasteiger partial charge in [0.25, 0.3) is 0 Å². The van der Waals surface area contributed by atoms with Gasteiger partial charge in [-0.1, -0.05) is 39.3 Å². The van der Waals surface area contributed by atoms with E-state index >= 15 is 0 Å². The van der Waals surface area contributed by atoms with Gasteiger partial charge in [0, 0.05) is 0 Å². The van der Waals surface area contributed by atoms with Crippen molar-refractivity contribution >= 4 is 0 Å². The maximum absolute atomic E-state index is 2.41. The summed E-state index contributed by atoms with van der Waals surface area (Å²) in [5.41, 5.74) is 2.06. The minimum absolute atomic E-state index is 0.490. The predicted molar refractivity (Wildman–Crippen MR) is 45.9 cm³/mol. The molecule has 0 aromatic carbocycles. The third-order valence-corrected chi connectivity index (χ3v) is 3.49. The summed E-state index contributed by atoms with van der Waals surface area (Å²) >= 11 is 0. The van der Waals surface area contributed by atoms with E-state index in [4.69, 9.17) is 0 Å². The first-order chi connectivity index (χ1) is 4.46. The molecular formula is C10H18. The minimum Gasteiger partial charge on any atom is -0.0819 e. The van der Waals surface area contributed by atoms with E-state index in [2.05, 4.69) is 40.7 Å². The normalized spacial score (nSPS) is 37.9. The predicted octanol–water partition coefficient (Wildman–Crippen LogP) is 3.24. The molecule has 0 amide bonds. The van der Waals surface area contributed by atoms with Crippen molar-refractivity contribution in [1.82, 2.24) is 0 Å². The fourth-order valence-electron chi connectivity index (χ4n) is 1.73. The smallest absolute Gasteiger partial charge is 0.0177 e. The van der Waals surface area contributed by atoms with Crippen molar-refractivity contribution < 1.29 is 0 Å². The summed E-state index contributed by atoms with van der Waals surface area (Å²) in [6, 6.07) is 0. The minimum atomic E-state index is 0.490. The Morgan fingerprint density at radius 3 is 1.90 bits per heavy atom. The number of hydrogen-bond donors (Lipinski definition) is 0. The molecule has 0 radical (unpaired) electrons. The molecule has 0 bridgehead atoms. The molecule has 0 saturated heterocycles. The number of rotatable bonds is 0. The Balaban J connectivity index is 2.87. The van der Waals surface area contributed by atoms with E-state index in [1.165, 1.54) is 0 Å². The topological polar surface area (TPSA) is 0 Å². The van der Waals surface area contributed by atoms with Crippen LogP contribution < -0.4 is 0 Å². The molecule has 10 heavy (non-hydrogen) atoms. The first-order valence-electron chi connectivity index (χ1n) is 4.14. The van der Waals surface area contributed by atoms with Crippen molar-refractivity contribution in [3.05, 3.63) is 11.6 Å². The molecule has 0 heterocycles. The zero-order chi connectivity index (χ0) is 7.94. The van der Waals surface area contributed by atoms with Crippen molar-refractivity contribution in [3.8, 4) is 0 Å². The van der Waals surface area contributed by atoms with Gasteiger partial charge in [-0.25, -0.2) is 0 Å². The molecule has 1 aliphatic rings. The van der Waals surface area contributed by atoms with Crippen molar-refractivity contribution in [3.63, 3.8) is 0 Å². The van der Waals surface area contributed by atoms with E-state index < -0.39 is 0 Å². The molecule has 0 saturated carbocycles. The van der Waals surface area contributed by atoms with Crippen LogP contribution in [0.4, 0.5) is 0 Å². The van der Waals surface area contributed by atoms with Crippen LogP contribution in [-0.4, -0.2) is 0 Å². The van der Waals surface area contributed by atoms with Gasteiger partial charge in [0.2, 0.25) is 0 Å².